The second-order valence-electron chi connectivity index (χ2n) is 5.44. The van der Waals surface area contributed by atoms with Gasteiger partial charge in [0.15, 0.2) is 0 Å². The van der Waals surface area contributed by atoms with E-state index in [1.165, 1.54) is 0 Å². The van der Waals surface area contributed by atoms with Crippen molar-refractivity contribution in [3.8, 4) is 5.75 Å². The van der Waals surface area contributed by atoms with E-state index in [1.54, 1.807) is 0 Å². The monoisotopic (exact) mass is 291 g/mol. The SMILES string of the molecule is CCC(C)[C@H](NC(=O)C1CCOc2ccccc21)C(=O)O. The lowest BCUT2D eigenvalue weighted by molar-refractivity contribution is -0.143. The van der Waals surface area contributed by atoms with Gasteiger partial charge in [0.05, 0.1) is 12.5 Å². The summed E-state index contributed by atoms with van der Waals surface area (Å²) in [4.78, 5) is 23.8. The van der Waals surface area contributed by atoms with Gasteiger partial charge in [-0.2, -0.15) is 0 Å². The fourth-order valence-electron chi connectivity index (χ4n) is 2.55. The van der Waals surface area contributed by atoms with Crippen LogP contribution in [0.15, 0.2) is 24.3 Å². The second-order valence-corrected chi connectivity index (χ2v) is 5.44. The third-order valence-corrected chi connectivity index (χ3v) is 4.05. The van der Waals surface area contributed by atoms with Gasteiger partial charge in [-0.15, -0.1) is 0 Å². The second kappa shape index (κ2) is 6.61. The summed E-state index contributed by atoms with van der Waals surface area (Å²) in [7, 11) is 0. The number of benzene rings is 1. The van der Waals surface area contributed by atoms with Gasteiger partial charge in [-0.05, 0) is 18.4 Å². The molecule has 1 aromatic carbocycles. The zero-order valence-corrected chi connectivity index (χ0v) is 12.3. The van der Waals surface area contributed by atoms with Gasteiger partial charge in [-0.25, -0.2) is 4.79 Å². The molecular formula is C16H21NO4. The minimum atomic E-state index is -0.988. The highest BCUT2D eigenvalue weighted by atomic mass is 16.5. The zero-order valence-electron chi connectivity index (χ0n) is 12.3. The molecular weight excluding hydrogens is 270 g/mol. The van der Waals surface area contributed by atoms with Gasteiger partial charge in [0, 0.05) is 5.56 Å². The van der Waals surface area contributed by atoms with Crippen LogP contribution in [-0.4, -0.2) is 29.6 Å². The normalized spacial score (nSPS) is 19.8. The van der Waals surface area contributed by atoms with Crippen LogP contribution in [0, 0.1) is 5.92 Å². The van der Waals surface area contributed by atoms with Crippen LogP contribution in [-0.2, 0) is 9.59 Å². The van der Waals surface area contributed by atoms with Gasteiger partial charge in [-0.3, -0.25) is 4.79 Å². The molecule has 0 spiro atoms. The van der Waals surface area contributed by atoms with Gasteiger partial charge in [0.25, 0.3) is 0 Å². The molecule has 2 unspecified atom stereocenters. The molecule has 0 radical (unpaired) electrons. The molecule has 2 rings (SSSR count). The fraction of sp³-hybridized carbons (Fsp3) is 0.500. The van der Waals surface area contributed by atoms with E-state index in [0.717, 1.165) is 5.56 Å². The van der Waals surface area contributed by atoms with Crippen LogP contribution in [0.25, 0.3) is 0 Å². The number of rotatable bonds is 5. The molecule has 1 aliphatic heterocycles. The summed E-state index contributed by atoms with van der Waals surface area (Å²) in [6.07, 6.45) is 1.26. The lowest BCUT2D eigenvalue weighted by atomic mass is 9.91. The number of hydrogen-bond donors (Lipinski definition) is 2. The largest absolute Gasteiger partial charge is 0.493 e. The molecule has 0 bridgehead atoms. The summed E-state index contributed by atoms with van der Waals surface area (Å²) in [6, 6.07) is 6.56. The standard InChI is InChI=1S/C16H21NO4/c1-3-10(2)14(16(19)20)17-15(18)12-8-9-21-13-7-5-4-6-11(12)13/h4-7,10,12,14H,3,8-9H2,1-2H3,(H,17,18)(H,19,20)/t10?,12?,14-/m0/s1. The topological polar surface area (TPSA) is 75.6 Å². The van der Waals surface area contributed by atoms with E-state index >= 15 is 0 Å². The maximum atomic E-state index is 12.5. The number of carbonyl (C=O) groups is 2. The van der Waals surface area contributed by atoms with Gasteiger partial charge in [-0.1, -0.05) is 38.5 Å². The average Bonchev–Trinajstić information content (AvgIpc) is 2.50. The number of hydrogen-bond acceptors (Lipinski definition) is 3. The quantitative estimate of drug-likeness (QED) is 0.871. The predicted molar refractivity (Wildman–Crippen MR) is 78.3 cm³/mol. The molecule has 2 N–H and O–H groups in total. The first-order valence-electron chi connectivity index (χ1n) is 7.29. The van der Waals surface area contributed by atoms with Crippen molar-refractivity contribution >= 4 is 11.9 Å². The van der Waals surface area contributed by atoms with Crippen LogP contribution in [0.5, 0.6) is 5.75 Å². The fourth-order valence-corrected chi connectivity index (χ4v) is 2.55. The number of amides is 1. The van der Waals surface area contributed by atoms with Crippen LogP contribution < -0.4 is 10.1 Å². The van der Waals surface area contributed by atoms with Crippen molar-refractivity contribution < 1.29 is 19.4 Å². The van der Waals surface area contributed by atoms with E-state index in [4.69, 9.17) is 4.74 Å². The highest BCUT2D eigenvalue weighted by molar-refractivity contribution is 5.89. The number of carboxylic acids is 1. The van der Waals surface area contributed by atoms with E-state index in [1.807, 2.05) is 38.1 Å². The number of carboxylic acid groups (broad SMARTS) is 1. The van der Waals surface area contributed by atoms with Crippen LogP contribution in [0.3, 0.4) is 0 Å². The predicted octanol–water partition coefficient (Wildman–Crippen LogP) is 2.17. The Balaban J connectivity index is 2.15. The molecule has 0 saturated carbocycles. The average molecular weight is 291 g/mol. The molecule has 0 saturated heterocycles. The van der Waals surface area contributed by atoms with Crippen molar-refractivity contribution in [3.05, 3.63) is 29.8 Å². The summed E-state index contributed by atoms with van der Waals surface area (Å²) >= 11 is 0. The third kappa shape index (κ3) is 3.35. The number of carbonyl (C=O) groups excluding carboxylic acids is 1. The van der Waals surface area contributed by atoms with E-state index in [2.05, 4.69) is 5.32 Å². The highest BCUT2D eigenvalue weighted by Gasteiger charge is 2.32. The number of aliphatic carboxylic acids is 1. The van der Waals surface area contributed by atoms with Crippen LogP contribution in [0.1, 0.15) is 38.2 Å². The van der Waals surface area contributed by atoms with Crippen molar-refractivity contribution in [2.75, 3.05) is 6.61 Å². The van der Waals surface area contributed by atoms with Crippen molar-refractivity contribution in [1.29, 1.82) is 0 Å². The Morgan fingerprint density at radius 3 is 2.81 bits per heavy atom. The zero-order chi connectivity index (χ0) is 15.4. The van der Waals surface area contributed by atoms with Crippen molar-refractivity contribution in [1.82, 2.24) is 5.32 Å². The van der Waals surface area contributed by atoms with Crippen LogP contribution in [0.4, 0.5) is 0 Å². The maximum absolute atomic E-state index is 12.5. The first kappa shape index (κ1) is 15.4. The Morgan fingerprint density at radius 2 is 2.14 bits per heavy atom. The highest BCUT2D eigenvalue weighted by Crippen LogP contribution is 2.33. The number of fused-ring (bicyclic) bond motifs is 1. The Hall–Kier alpha value is -2.04. The van der Waals surface area contributed by atoms with Gasteiger partial charge < -0.3 is 15.2 Å². The van der Waals surface area contributed by atoms with Gasteiger partial charge in [0.2, 0.25) is 5.91 Å². The van der Waals surface area contributed by atoms with Gasteiger partial charge >= 0.3 is 5.97 Å². The smallest absolute Gasteiger partial charge is 0.326 e. The summed E-state index contributed by atoms with van der Waals surface area (Å²) in [6.45, 7) is 4.21. The minimum Gasteiger partial charge on any atom is -0.493 e. The van der Waals surface area contributed by atoms with Gasteiger partial charge in [0.1, 0.15) is 11.8 Å². The Morgan fingerprint density at radius 1 is 1.43 bits per heavy atom. The lowest BCUT2D eigenvalue weighted by Gasteiger charge is -2.27. The van der Waals surface area contributed by atoms with E-state index < -0.39 is 12.0 Å². The third-order valence-electron chi connectivity index (χ3n) is 4.05. The Bertz CT molecular complexity index is 529. The van der Waals surface area contributed by atoms with Crippen molar-refractivity contribution in [3.63, 3.8) is 0 Å². The molecule has 1 heterocycles. The maximum Gasteiger partial charge on any atom is 0.326 e. The summed E-state index contributed by atoms with van der Waals surface area (Å²) in [5.74, 6) is -0.974. The molecule has 0 fully saturated rings. The summed E-state index contributed by atoms with van der Waals surface area (Å²) in [5, 5.41) is 12.0. The van der Waals surface area contributed by atoms with E-state index in [-0.39, 0.29) is 17.7 Å². The molecule has 1 aliphatic rings. The Kier molecular flexibility index (Phi) is 4.83. The molecule has 1 amide bonds. The molecule has 114 valence electrons. The number of para-hydroxylation sites is 1. The first-order chi connectivity index (χ1) is 10.0. The molecule has 1 aromatic rings. The molecule has 5 nitrogen and oxygen atoms in total. The summed E-state index contributed by atoms with van der Waals surface area (Å²) in [5.41, 5.74) is 0.828. The van der Waals surface area contributed by atoms with Crippen LogP contribution in [0.2, 0.25) is 0 Å². The first-order valence-corrected chi connectivity index (χ1v) is 7.29. The van der Waals surface area contributed by atoms with Crippen molar-refractivity contribution in [2.24, 2.45) is 5.92 Å². The number of ether oxygens (including phenoxy) is 1. The van der Waals surface area contributed by atoms with Crippen LogP contribution >= 0.6 is 0 Å². The number of nitrogens with one attached hydrogen (secondary N) is 1. The molecule has 5 heteroatoms. The molecule has 21 heavy (non-hydrogen) atoms. The molecule has 3 atom stereocenters. The van der Waals surface area contributed by atoms with Crippen molar-refractivity contribution in [2.45, 2.75) is 38.6 Å². The Labute approximate surface area is 124 Å². The molecule has 0 aliphatic carbocycles. The van der Waals surface area contributed by atoms with E-state index in [0.29, 0.717) is 25.2 Å². The molecule has 0 aromatic heterocycles. The lowest BCUT2D eigenvalue weighted by Crippen LogP contribution is -2.47. The minimum absolute atomic E-state index is 0.110. The summed E-state index contributed by atoms with van der Waals surface area (Å²) < 4.78 is 5.53. The van der Waals surface area contributed by atoms with E-state index in [9.17, 15) is 14.7 Å².